The lowest BCUT2D eigenvalue weighted by molar-refractivity contribution is 1.01. The predicted octanol–water partition coefficient (Wildman–Crippen LogP) is 1.88. The van der Waals surface area contributed by atoms with Gasteiger partial charge in [0.1, 0.15) is 6.04 Å². The van der Waals surface area contributed by atoms with Crippen LogP contribution >= 0.6 is 0 Å². The van der Waals surface area contributed by atoms with Gasteiger partial charge in [-0.2, -0.15) is 10.5 Å². The maximum atomic E-state index is 8.53. The Morgan fingerprint density at radius 3 is 2.31 bits per heavy atom. The Balaban J connectivity index is 2.72. The van der Waals surface area contributed by atoms with Gasteiger partial charge in [0.05, 0.1) is 17.7 Å². The molecule has 0 bridgehead atoms. The third-order valence-electron chi connectivity index (χ3n) is 1.59. The first kappa shape index (κ1) is 9.09. The quantitative estimate of drug-likeness (QED) is 0.739. The van der Waals surface area contributed by atoms with Gasteiger partial charge in [-0.25, -0.2) is 0 Å². The fourth-order valence-corrected chi connectivity index (χ4v) is 0.923. The SMILES string of the molecule is CC(C#N)Nc1ccc(C#N)cc1. The van der Waals surface area contributed by atoms with Crippen LogP contribution in [0.5, 0.6) is 0 Å². The Hall–Kier alpha value is -2.00. The van der Waals surface area contributed by atoms with Crippen molar-refractivity contribution in [3.05, 3.63) is 29.8 Å². The minimum absolute atomic E-state index is 0.215. The average molecular weight is 171 g/mol. The topological polar surface area (TPSA) is 59.6 Å². The van der Waals surface area contributed by atoms with E-state index in [4.69, 9.17) is 10.5 Å². The first-order valence-corrected chi connectivity index (χ1v) is 3.92. The molecule has 0 spiro atoms. The van der Waals surface area contributed by atoms with E-state index < -0.39 is 0 Å². The summed E-state index contributed by atoms with van der Waals surface area (Å²) in [6, 6.07) is 10.9. The van der Waals surface area contributed by atoms with Crippen molar-refractivity contribution < 1.29 is 0 Å². The summed E-state index contributed by atoms with van der Waals surface area (Å²) < 4.78 is 0. The lowest BCUT2D eigenvalue weighted by Gasteiger charge is -2.06. The Kier molecular flexibility index (Phi) is 2.89. The summed E-state index contributed by atoms with van der Waals surface area (Å²) in [7, 11) is 0. The van der Waals surface area contributed by atoms with Crippen molar-refractivity contribution in [1.82, 2.24) is 0 Å². The van der Waals surface area contributed by atoms with Gasteiger partial charge in [0.2, 0.25) is 0 Å². The van der Waals surface area contributed by atoms with Crippen LogP contribution in [0.15, 0.2) is 24.3 Å². The summed E-state index contributed by atoms with van der Waals surface area (Å²) in [5.74, 6) is 0. The van der Waals surface area contributed by atoms with Gasteiger partial charge in [-0.3, -0.25) is 0 Å². The zero-order chi connectivity index (χ0) is 9.68. The molecule has 0 aromatic heterocycles. The van der Waals surface area contributed by atoms with E-state index in [2.05, 4.69) is 11.4 Å². The molecule has 0 aliphatic carbocycles. The van der Waals surface area contributed by atoms with Gasteiger partial charge in [-0.1, -0.05) is 0 Å². The molecule has 0 saturated carbocycles. The molecule has 1 atom stereocenters. The molecule has 0 aliphatic heterocycles. The molecule has 13 heavy (non-hydrogen) atoms. The number of hydrogen-bond donors (Lipinski definition) is 1. The molecule has 0 aliphatic rings. The van der Waals surface area contributed by atoms with Crippen molar-refractivity contribution in [2.45, 2.75) is 13.0 Å². The minimum atomic E-state index is -0.215. The standard InChI is InChI=1S/C10H9N3/c1-8(6-11)13-10-4-2-9(7-12)3-5-10/h2-5,8,13H,1H3. The fourth-order valence-electron chi connectivity index (χ4n) is 0.923. The molecule has 1 aromatic carbocycles. The third-order valence-corrected chi connectivity index (χ3v) is 1.59. The molecule has 3 heteroatoms. The van der Waals surface area contributed by atoms with Crippen molar-refractivity contribution in [2.75, 3.05) is 5.32 Å². The second kappa shape index (κ2) is 4.13. The molecular formula is C10H9N3. The van der Waals surface area contributed by atoms with Gasteiger partial charge in [0, 0.05) is 5.69 Å². The molecule has 0 amide bonds. The Labute approximate surface area is 77.2 Å². The lowest BCUT2D eigenvalue weighted by atomic mass is 10.2. The van der Waals surface area contributed by atoms with E-state index in [9.17, 15) is 0 Å². The van der Waals surface area contributed by atoms with Crippen LogP contribution in [0.25, 0.3) is 0 Å². The van der Waals surface area contributed by atoms with Crippen molar-refractivity contribution in [2.24, 2.45) is 0 Å². The van der Waals surface area contributed by atoms with Crippen LogP contribution in [0.3, 0.4) is 0 Å². The maximum absolute atomic E-state index is 8.53. The molecule has 0 fully saturated rings. The monoisotopic (exact) mass is 171 g/mol. The Morgan fingerprint density at radius 2 is 1.85 bits per heavy atom. The van der Waals surface area contributed by atoms with E-state index in [1.807, 2.05) is 6.07 Å². The second-order valence-corrected chi connectivity index (χ2v) is 2.68. The largest absolute Gasteiger partial charge is 0.370 e. The smallest absolute Gasteiger partial charge is 0.111 e. The van der Waals surface area contributed by atoms with E-state index in [0.29, 0.717) is 5.56 Å². The van der Waals surface area contributed by atoms with Gasteiger partial charge in [-0.05, 0) is 31.2 Å². The van der Waals surface area contributed by atoms with Gasteiger partial charge in [-0.15, -0.1) is 0 Å². The van der Waals surface area contributed by atoms with Gasteiger partial charge < -0.3 is 5.32 Å². The summed E-state index contributed by atoms with van der Waals surface area (Å²) in [4.78, 5) is 0. The number of nitrogens with zero attached hydrogens (tertiary/aromatic N) is 2. The number of anilines is 1. The zero-order valence-electron chi connectivity index (χ0n) is 7.28. The molecule has 0 radical (unpaired) electrons. The number of benzene rings is 1. The van der Waals surface area contributed by atoms with Crippen molar-refractivity contribution in [3.8, 4) is 12.1 Å². The lowest BCUT2D eigenvalue weighted by Crippen LogP contribution is -2.11. The maximum Gasteiger partial charge on any atom is 0.111 e. The average Bonchev–Trinajstić information content (AvgIpc) is 2.19. The van der Waals surface area contributed by atoms with Crippen LogP contribution in [0.1, 0.15) is 12.5 Å². The highest BCUT2D eigenvalue weighted by Gasteiger charge is 1.98. The van der Waals surface area contributed by atoms with E-state index in [1.165, 1.54) is 0 Å². The minimum Gasteiger partial charge on any atom is -0.370 e. The van der Waals surface area contributed by atoms with Crippen LogP contribution in [0.2, 0.25) is 0 Å². The summed E-state index contributed by atoms with van der Waals surface area (Å²) in [5, 5.41) is 20.0. The number of nitriles is 2. The van der Waals surface area contributed by atoms with Crippen LogP contribution < -0.4 is 5.32 Å². The third kappa shape index (κ3) is 2.50. The van der Waals surface area contributed by atoms with Gasteiger partial charge in [0.15, 0.2) is 0 Å². The van der Waals surface area contributed by atoms with E-state index in [0.717, 1.165) is 5.69 Å². The van der Waals surface area contributed by atoms with Crippen molar-refractivity contribution >= 4 is 5.69 Å². The molecule has 3 nitrogen and oxygen atoms in total. The van der Waals surface area contributed by atoms with E-state index >= 15 is 0 Å². The summed E-state index contributed by atoms with van der Waals surface area (Å²) in [5.41, 5.74) is 1.48. The normalized spacial score (nSPS) is 11.0. The zero-order valence-corrected chi connectivity index (χ0v) is 7.28. The molecule has 1 rings (SSSR count). The van der Waals surface area contributed by atoms with E-state index in [-0.39, 0.29) is 6.04 Å². The second-order valence-electron chi connectivity index (χ2n) is 2.68. The first-order valence-electron chi connectivity index (χ1n) is 3.92. The van der Waals surface area contributed by atoms with Crippen LogP contribution in [-0.4, -0.2) is 6.04 Å². The van der Waals surface area contributed by atoms with E-state index in [1.54, 1.807) is 31.2 Å². The van der Waals surface area contributed by atoms with Crippen LogP contribution in [0.4, 0.5) is 5.69 Å². The molecule has 64 valence electrons. The van der Waals surface area contributed by atoms with Gasteiger partial charge in [0.25, 0.3) is 0 Å². The molecule has 0 saturated heterocycles. The van der Waals surface area contributed by atoms with Crippen LogP contribution in [-0.2, 0) is 0 Å². The number of hydrogen-bond acceptors (Lipinski definition) is 3. The highest BCUT2D eigenvalue weighted by molar-refractivity contribution is 5.48. The molecule has 0 heterocycles. The van der Waals surface area contributed by atoms with Crippen molar-refractivity contribution in [3.63, 3.8) is 0 Å². The Bertz CT molecular complexity index is 353. The summed E-state index contributed by atoms with van der Waals surface area (Å²) >= 11 is 0. The summed E-state index contributed by atoms with van der Waals surface area (Å²) in [6.45, 7) is 1.78. The highest BCUT2D eigenvalue weighted by atomic mass is 14.9. The fraction of sp³-hybridized carbons (Fsp3) is 0.200. The summed E-state index contributed by atoms with van der Waals surface area (Å²) in [6.07, 6.45) is 0. The van der Waals surface area contributed by atoms with Gasteiger partial charge >= 0.3 is 0 Å². The predicted molar refractivity (Wildman–Crippen MR) is 49.9 cm³/mol. The molecule has 1 aromatic rings. The number of rotatable bonds is 2. The Morgan fingerprint density at radius 1 is 1.23 bits per heavy atom. The first-order chi connectivity index (χ1) is 6.26. The van der Waals surface area contributed by atoms with Crippen molar-refractivity contribution in [1.29, 1.82) is 10.5 Å². The molecular weight excluding hydrogens is 162 g/mol. The number of nitrogens with one attached hydrogen (secondary N) is 1. The molecule has 1 N–H and O–H groups in total. The van der Waals surface area contributed by atoms with Crippen LogP contribution in [0, 0.1) is 22.7 Å². The molecule has 1 unspecified atom stereocenters. The highest BCUT2D eigenvalue weighted by Crippen LogP contribution is 2.09.